The quantitative estimate of drug-likeness (QED) is 0.211. The van der Waals surface area contributed by atoms with E-state index in [1.807, 2.05) is 19.1 Å². The van der Waals surface area contributed by atoms with Crippen molar-refractivity contribution < 1.29 is 18.7 Å². The molecule has 30 heavy (non-hydrogen) atoms. The number of hydrogen-bond acceptors (Lipinski definition) is 5. The molecule has 1 heterocycles. The smallest absolute Gasteiger partial charge is 0.307 e. The van der Waals surface area contributed by atoms with Gasteiger partial charge in [0.1, 0.15) is 6.61 Å². The molecular weight excluding hydrogens is 542 g/mol. The molecule has 0 fully saturated rings. The Hall–Kier alpha value is -2.23. The second-order valence-corrected chi connectivity index (χ2v) is 7.97. The Morgan fingerprint density at radius 2 is 2.07 bits per heavy atom. The average Bonchev–Trinajstić information content (AvgIpc) is 3.24. The zero-order valence-electron chi connectivity index (χ0n) is 15.8. The van der Waals surface area contributed by atoms with Crippen LogP contribution in [0.3, 0.4) is 0 Å². The van der Waals surface area contributed by atoms with Gasteiger partial charge in [0.25, 0.3) is 0 Å². The standard InChI is InChI=1S/C21H17Cl2IN2O4/c1-2-28-19-9-13(11-25-26-21(27)18-4-3-7-29-18)8-17(24)20(19)30-12-14-5-6-15(22)10-16(14)23/h3-11H,2,12H2,1H3,(H,26,27)/b25-11+. The van der Waals surface area contributed by atoms with E-state index in [-0.39, 0.29) is 12.4 Å². The molecule has 3 rings (SSSR count). The molecule has 0 radical (unpaired) electrons. The van der Waals surface area contributed by atoms with Crippen molar-refractivity contribution in [3.63, 3.8) is 0 Å². The number of carbonyl (C=O) groups excluding carboxylic acids is 1. The Labute approximate surface area is 197 Å². The molecule has 0 bridgehead atoms. The third kappa shape index (κ3) is 5.90. The summed E-state index contributed by atoms with van der Waals surface area (Å²) in [5.74, 6) is 0.908. The van der Waals surface area contributed by atoms with Gasteiger partial charge in [-0.3, -0.25) is 4.79 Å². The molecular formula is C21H17Cl2IN2O4. The van der Waals surface area contributed by atoms with Crippen LogP contribution < -0.4 is 14.9 Å². The molecule has 0 unspecified atom stereocenters. The van der Waals surface area contributed by atoms with Crippen molar-refractivity contribution in [2.75, 3.05) is 6.61 Å². The fourth-order valence-electron chi connectivity index (χ4n) is 2.48. The van der Waals surface area contributed by atoms with Gasteiger partial charge in [0.2, 0.25) is 0 Å². The van der Waals surface area contributed by atoms with E-state index >= 15 is 0 Å². The summed E-state index contributed by atoms with van der Waals surface area (Å²) < 4.78 is 17.6. The SMILES string of the molecule is CCOc1cc(/C=N/NC(=O)c2ccco2)cc(I)c1OCc1ccc(Cl)cc1Cl. The van der Waals surface area contributed by atoms with E-state index in [1.165, 1.54) is 12.5 Å². The van der Waals surface area contributed by atoms with Crippen molar-refractivity contribution in [3.05, 3.63) is 79.2 Å². The van der Waals surface area contributed by atoms with Gasteiger partial charge in [-0.2, -0.15) is 5.10 Å². The predicted octanol–water partition coefficient (Wildman–Crippen LogP) is 5.93. The van der Waals surface area contributed by atoms with Crippen molar-refractivity contribution in [2.24, 2.45) is 5.10 Å². The van der Waals surface area contributed by atoms with E-state index in [4.69, 9.17) is 37.1 Å². The summed E-state index contributed by atoms with van der Waals surface area (Å²) in [5, 5.41) is 5.07. The Kier molecular flexibility index (Phi) is 8.01. The van der Waals surface area contributed by atoms with Gasteiger partial charge in [-0.05, 0) is 71.5 Å². The van der Waals surface area contributed by atoms with E-state index in [2.05, 4.69) is 33.1 Å². The number of carbonyl (C=O) groups is 1. The molecule has 0 aliphatic carbocycles. The summed E-state index contributed by atoms with van der Waals surface area (Å²) in [4.78, 5) is 11.9. The van der Waals surface area contributed by atoms with Crippen LogP contribution in [-0.2, 0) is 6.61 Å². The molecule has 2 aromatic carbocycles. The number of amides is 1. The number of hydrazone groups is 1. The van der Waals surface area contributed by atoms with Gasteiger partial charge in [-0.1, -0.05) is 29.3 Å². The lowest BCUT2D eigenvalue weighted by molar-refractivity contribution is 0.0927. The number of rotatable bonds is 8. The van der Waals surface area contributed by atoms with Crippen LogP contribution in [0.5, 0.6) is 11.5 Å². The number of furan rings is 1. The van der Waals surface area contributed by atoms with Crippen molar-refractivity contribution in [2.45, 2.75) is 13.5 Å². The summed E-state index contributed by atoms with van der Waals surface area (Å²) in [6, 6.07) is 12.1. The fourth-order valence-corrected chi connectivity index (χ4v) is 3.73. The lowest BCUT2D eigenvalue weighted by Crippen LogP contribution is -2.16. The second-order valence-electron chi connectivity index (χ2n) is 5.96. The van der Waals surface area contributed by atoms with Crippen LogP contribution in [0.2, 0.25) is 10.0 Å². The minimum atomic E-state index is -0.434. The van der Waals surface area contributed by atoms with E-state index < -0.39 is 5.91 Å². The Balaban J connectivity index is 1.74. The van der Waals surface area contributed by atoms with Crippen LogP contribution in [0.4, 0.5) is 0 Å². The monoisotopic (exact) mass is 558 g/mol. The first kappa shape index (κ1) is 22.5. The maximum atomic E-state index is 11.9. The molecule has 0 atom stereocenters. The van der Waals surface area contributed by atoms with E-state index in [0.29, 0.717) is 28.2 Å². The molecule has 3 aromatic rings. The normalized spacial score (nSPS) is 10.9. The third-order valence-corrected chi connectivity index (χ3v) is 5.23. The first-order chi connectivity index (χ1) is 14.5. The van der Waals surface area contributed by atoms with Crippen LogP contribution in [0.25, 0.3) is 0 Å². The Bertz CT molecular complexity index is 1060. The summed E-state index contributed by atoms with van der Waals surface area (Å²) in [6.07, 6.45) is 2.94. The maximum absolute atomic E-state index is 11.9. The zero-order chi connectivity index (χ0) is 21.5. The van der Waals surface area contributed by atoms with E-state index in [1.54, 1.807) is 30.3 Å². The zero-order valence-corrected chi connectivity index (χ0v) is 19.5. The van der Waals surface area contributed by atoms with Gasteiger partial charge < -0.3 is 13.9 Å². The molecule has 0 spiro atoms. The molecule has 1 aromatic heterocycles. The molecule has 0 saturated heterocycles. The van der Waals surface area contributed by atoms with Gasteiger partial charge in [-0.25, -0.2) is 5.43 Å². The van der Waals surface area contributed by atoms with Crippen LogP contribution in [0, 0.1) is 3.57 Å². The number of ether oxygens (including phenoxy) is 2. The first-order valence-corrected chi connectivity index (χ1v) is 10.7. The van der Waals surface area contributed by atoms with Crippen molar-refractivity contribution >= 4 is 57.9 Å². The van der Waals surface area contributed by atoms with Gasteiger partial charge in [0, 0.05) is 15.6 Å². The predicted molar refractivity (Wildman–Crippen MR) is 125 cm³/mol. The minimum Gasteiger partial charge on any atom is -0.490 e. The van der Waals surface area contributed by atoms with Gasteiger partial charge >= 0.3 is 5.91 Å². The first-order valence-electron chi connectivity index (χ1n) is 8.88. The highest BCUT2D eigenvalue weighted by Crippen LogP contribution is 2.35. The maximum Gasteiger partial charge on any atom is 0.307 e. The topological polar surface area (TPSA) is 73.1 Å². The third-order valence-electron chi connectivity index (χ3n) is 3.84. The van der Waals surface area contributed by atoms with E-state index in [9.17, 15) is 4.79 Å². The number of hydrogen-bond donors (Lipinski definition) is 1. The fraction of sp³-hybridized carbons (Fsp3) is 0.143. The molecule has 6 nitrogen and oxygen atoms in total. The highest BCUT2D eigenvalue weighted by atomic mass is 127. The summed E-state index contributed by atoms with van der Waals surface area (Å²) in [6.45, 7) is 2.61. The van der Waals surface area contributed by atoms with Gasteiger partial charge in [-0.15, -0.1) is 0 Å². The van der Waals surface area contributed by atoms with E-state index in [0.717, 1.165) is 14.7 Å². The lowest BCUT2D eigenvalue weighted by Gasteiger charge is -2.15. The Morgan fingerprint density at radius 1 is 1.23 bits per heavy atom. The number of nitrogens with one attached hydrogen (secondary N) is 1. The highest BCUT2D eigenvalue weighted by molar-refractivity contribution is 14.1. The summed E-state index contributed by atoms with van der Waals surface area (Å²) >= 11 is 14.3. The molecule has 0 aliphatic rings. The molecule has 1 amide bonds. The second kappa shape index (κ2) is 10.7. The van der Waals surface area contributed by atoms with Crippen molar-refractivity contribution in [1.82, 2.24) is 5.43 Å². The van der Waals surface area contributed by atoms with Crippen LogP contribution in [-0.4, -0.2) is 18.7 Å². The summed E-state index contributed by atoms with van der Waals surface area (Å²) in [7, 11) is 0. The van der Waals surface area contributed by atoms with Crippen LogP contribution >= 0.6 is 45.8 Å². The number of nitrogens with zero attached hydrogens (tertiary/aromatic N) is 1. The minimum absolute atomic E-state index is 0.182. The van der Waals surface area contributed by atoms with Crippen molar-refractivity contribution in [1.29, 1.82) is 0 Å². The highest BCUT2D eigenvalue weighted by Gasteiger charge is 2.13. The van der Waals surface area contributed by atoms with Crippen LogP contribution in [0.15, 0.2) is 58.2 Å². The molecule has 1 N–H and O–H groups in total. The molecule has 9 heteroatoms. The van der Waals surface area contributed by atoms with Gasteiger partial charge in [0.15, 0.2) is 17.3 Å². The number of benzene rings is 2. The Morgan fingerprint density at radius 3 is 2.77 bits per heavy atom. The average molecular weight is 559 g/mol. The van der Waals surface area contributed by atoms with Crippen molar-refractivity contribution in [3.8, 4) is 11.5 Å². The summed E-state index contributed by atoms with van der Waals surface area (Å²) in [5.41, 5.74) is 3.96. The lowest BCUT2D eigenvalue weighted by atomic mass is 10.2. The molecule has 156 valence electrons. The molecule has 0 saturated carbocycles. The molecule has 0 aliphatic heterocycles. The number of halogens is 3. The van der Waals surface area contributed by atoms with Gasteiger partial charge in [0.05, 0.1) is 22.7 Å². The largest absolute Gasteiger partial charge is 0.490 e. The van der Waals surface area contributed by atoms with Crippen LogP contribution in [0.1, 0.15) is 28.6 Å².